The van der Waals surface area contributed by atoms with Crippen LogP contribution in [0.15, 0.2) is 122 Å². The number of aromatic nitrogens is 2. The van der Waals surface area contributed by atoms with Crippen LogP contribution in [0.25, 0.3) is 53.8 Å². The first-order valence-corrected chi connectivity index (χ1v) is 21.6. The van der Waals surface area contributed by atoms with E-state index in [0.717, 1.165) is 28.4 Å². The summed E-state index contributed by atoms with van der Waals surface area (Å²) in [7, 11) is -1.23. The molecule has 1 fully saturated rings. The Balaban J connectivity index is 0.000000208. The zero-order valence-electron chi connectivity index (χ0n) is 28.5. The molecule has 0 N–H and O–H groups in total. The molecule has 0 aliphatic heterocycles. The summed E-state index contributed by atoms with van der Waals surface area (Å²) in [5.41, 5.74) is 8.19. The third-order valence-electron chi connectivity index (χ3n) is 9.48. The van der Waals surface area contributed by atoms with Gasteiger partial charge >= 0.3 is 0 Å². The first-order valence-electron chi connectivity index (χ1n) is 17.2. The molecule has 0 atom stereocenters. The van der Waals surface area contributed by atoms with Crippen LogP contribution >= 0.6 is 11.3 Å². The van der Waals surface area contributed by atoms with E-state index in [0.29, 0.717) is 0 Å². The molecule has 3 aromatic heterocycles. The second-order valence-corrected chi connectivity index (χ2v) is 20.1. The van der Waals surface area contributed by atoms with E-state index in [2.05, 4.69) is 122 Å². The molecule has 2 nitrogen and oxygen atoms in total. The maximum Gasteiger partial charge on any atom is 0.0795 e. The summed E-state index contributed by atoms with van der Waals surface area (Å²) in [6.07, 6.45) is 12.1. The fourth-order valence-electron chi connectivity index (χ4n) is 6.75. The molecule has 0 saturated heterocycles. The Hall–Kier alpha value is -3.73. The van der Waals surface area contributed by atoms with Crippen molar-refractivity contribution in [3.8, 4) is 33.6 Å². The minimum Gasteiger partial charge on any atom is -0.305 e. The van der Waals surface area contributed by atoms with Crippen molar-refractivity contribution < 1.29 is 20.1 Å². The maximum absolute atomic E-state index is 4.76. The molecule has 8 rings (SSSR count). The van der Waals surface area contributed by atoms with E-state index in [4.69, 9.17) is 4.98 Å². The fourth-order valence-corrected chi connectivity index (χ4v) is 9.04. The van der Waals surface area contributed by atoms with Crippen molar-refractivity contribution in [1.29, 1.82) is 0 Å². The maximum atomic E-state index is 4.76. The Bertz CT molecular complexity index is 2110. The average molecular weight is 851 g/mol. The van der Waals surface area contributed by atoms with Gasteiger partial charge in [0, 0.05) is 37.2 Å². The second-order valence-electron chi connectivity index (χ2n) is 14.0. The second kappa shape index (κ2) is 15.9. The summed E-state index contributed by atoms with van der Waals surface area (Å²) < 4.78 is 2.61. The monoisotopic (exact) mass is 851 g/mol. The largest absolute Gasteiger partial charge is 0.305 e. The Morgan fingerprint density at radius 2 is 1.53 bits per heavy atom. The van der Waals surface area contributed by atoms with Crippen molar-refractivity contribution in [2.45, 2.75) is 58.2 Å². The predicted octanol–water partition coefficient (Wildman–Crippen LogP) is 11.8. The summed E-state index contributed by atoms with van der Waals surface area (Å²) in [6, 6.07) is 45.2. The zero-order valence-corrected chi connectivity index (χ0v) is 32.7. The molecule has 7 aromatic rings. The summed E-state index contributed by atoms with van der Waals surface area (Å²) >= 11 is 1.86. The van der Waals surface area contributed by atoms with Crippen LogP contribution in [0.3, 0.4) is 0 Å². The number of thiophene rings is 1. The average Bonchev–Trinajstić information content (AvgIpc) is 3.51. The number of hydrogen-bond acceptors (Lipinski definition) is 3. The van der Waals surface area contributed by atoms with Gasteiger partial charge in [0.05, 0.1) is 8.07 Å². The van der Waals surface area contributed by atoms with E-state index < -0.39 is 8.07 Å². The van der Waals surface area contributed by atoms with Gasteiger partial charge in [0.25, 0.3) is 0 Å². The summed E-state index contributed by atoms with van der Waals surface area (Å²) in [6.45, 7) is 7.00. The van der Waals surface area contributed by atoms with Gasteiger partial charge in [0.1, 0.15) is 0 Å². The summed E-state index contributed by atoms with van der Waals surface area (Å²) in [5.74, 6) is 0.833. The molecule has 1 radical (unpaired) electrons. The van der Waals surface area contributed by atoms with E-state index in [-0.39, 0.29) is 20.1 Å². The minimum atomic E-state index is -1.23. The topological polar surface area (TPSA) is 25.8 Å². The molecule has 249 valence electrons. The van der Waals surface area contributed by atoms with Crippen LogP contribution in [0.4, 0.5) is 0 Å². The fraction of sp³-hybridized carbons (Fsp3) is 0.227. The minimum absolute atomic E-state index is 0. The van der Waals surface area contributed by atoms with Gasteiger partial charge in [-0.1, -0.05) is 123 Å². The van der Waals surface area contributed by atoms with Crippen molar-refractivity contribution >= 4 is 44.8 Å². The van der Waals surface area contributed by atoms with Crippen LogP contribution in [0.5, 0.6) is 0 Å². The molecule has 1 aliphatic rings. The number of rotatable bonds is 6. The molecular weight excluding hydrogens is 809 g/mol. The standard InChI is InChI=1S/C30H26NS.C14H16NSi.Ir/c1-3-8-21(9-4-1)18-22-16-17-31-28(19-22)27-13-7-12-26-25-15-14-24(20-29(25)32-30(26)27)23-10-5-2-6-11-23;1-16(2,3)13-9-10-14(15-11-13)12-7-5-4-6-8-12;/h2,5-7,10-12,14-17,19-21H,1,3-4,8-9,18H2;4-7,9-11H,1-3H3;/q2*-1;. The molecule has 1 saturated carbocycles. The van der Waals surface area contributed by atoms with Gasteiger partial charge in [-0.25, -0.2) is 0 Å². The van der Waals surface area contributed by atoms with Crippen LogP contribution in [0.2, 0.25) is 19.6 Å². The number of pyridine rings is 2. The van der Waals surface area contributed by atoms with Gasteiger partial charge in [-0.3, -0.25) is 0 Å². The van der Waals surface area contributed by atoms with E-state index in [9.17, 15) is 0 Å². The number of fused-ring (bicyclic) bond motifs is 3. The molecule has 4 aromatic carbocycles. The van der Waals surface area contributed by atoms with E-state index >= 15 is 0 Å². The van der Waals surface area contributed by atoms with Gasteiger partial charge in [0.2, 0.25) is 0 Å². The molecule has 5 heteroatoms. The van der Waals surface area contributed by atoms with E-state index in [1.807, 2.05) is 48.0 Å². The van der Waals surface area contributed by atoms with Crippen LogP contribution in [-0.4, -0.2) is 18.0 Å². The number of benzene rings is 4. The van der Waals surface area contributed by atoms with Crippen molar-refractivity contribution in [2.75, 3.05) is 0 Å². The Kier molecular flexibility index (Phi) is 11.4. The van der Waals surface area contributed by atoms with Crippen molar-refractivity contribution in [3.05, 3.63) is 139 Å². The van der Waals surface area contributed by atoms with Gasteiger partial charge in [-0.15, -0.1) is 59.7 Å². The van der Waals surface area contributed by atoms with Crippen LogP contribution in [0.1, 0.15) is 37.7 Å². The Morgan fingerprint density at radius 1 is 0.714 bits per heavy atom. The predicted molar refractivity (Wildman–Crippen MR) is 209 cm³/mol. The normalized spacial score (nSPS) is 13.4. The zero-order chi connectivity index (χ0) is 32.9. The summed E-state index contributed by atoms with van der Waals surface area (Å²) in [4.78, 5) is 9.28. The van der Waals surface area contributed by atoms with Crippen molar-refractivity contribution in [2.24, 2.45) is 5.92 Å². The van der Waals surface area contributed by atoms with Gasteiger partial charge in [-0.2, -0.15) is 11.3 Å². The molecule has 1 aliphatic carbocycles. The van der Waals surface area contributed by atoms with Gasteiger partial charge in [0.15, 0.2) is 0 Å². The molecule has 0 spiro atoms. The smallest absolute Gasteiger partial charge is 0.0795 e. The Labute approximate surface area is 310 Å². The molecule has 3 heterocycles. The van der Waals surface area contributed by atoms with Crippen LogP contribution < -0.4 is 5.19 Å². The third-order valence-corrected chi connectivity index (χ3v) is 12.7. The van der Waals surface area contributed by atoms with Crippen LogP contribution in [-0.2, 0) is 26.5 Å². The number of hydrogen-bond donors (Lipinski definition) is 0. The molecule has 0 unspecified atom stereocenters. The van der Waals surface area contributed by atoms with E-state index in [1.54, 1.807) is 0 Å². The van der Waals surface area contributed by atoms with Gasteiger partial charge < -0.3 is 9.97 Å². The molecule has 0 bridgehead atoms. The van der Waals surface area contributed by atoms with E-state index in [1.165, 1.54) is 80.6 Å². The van der Waals surface area contributed by atoms with Crippen molar-refractivity contribution in [1.82, 2.24) is 9.97 Å². The van der Waals surface area contributed by atoms with Crippen molar-refractivity contribution in [3.63, 3.8) is 0 Å². The Morgan fingerprint density at radius 3 is 2.27 bits per heavy atom. The third kappa shape index (κ3) is 8.36. The SMILES string of the molecule is C[Si](C)(C)c1ccc(-c2[c-]cccc2)nc1.[Ir].[c-]1ccc2c(sc3cc(-c4ccccc4)ccc32)c1-c1cc(CC2CCCCC2)ccn1. The van der Waals surface area contributed by atoms with Crippen LogP contribution in [0, 0.1) is 18.1 Å². The first kappa shape index (κ1) is 35.1. The number of nitrogens with zero attached hydrogens (tertiary/aromatic N) is 2. The van der Waals surface area contributed by atoms with Gasteiger partial charge in [-0.05, 0) is 62.3 Å². The quantitative estimate of drug-likeness (QED) is 0.123. The molecular formula is C44H42IrN2SSi-2. The first-order chi connectivity index (χ1) is 23.4. The molecule has 49 heavy (non-hydrogen) atoms. The summed E-state index contributed by atoms with van der Waals surface area (Å²) in [5, 5.41) is 4.02. The molecule has 0 amide bonds.